The molecule has 0 spiro atoms. The Balaban J connectivity index is 1.92. The molecular formula is C18H28N2O. The van der Waals surface area contributed by atoms with E-state index in [4.69, 9.17) is 10.5 Å². The predicted molar refractivity (Wildman–Crippen MR) is 86.5 cm³/mol. The number of piperidine rings is 1. The van der Waals surface area contributed by atoms with E-state index in [1.165, 1.54) is 63.6 Å². The molecule has 1 aromatic carbocycles. The van der Waals surface area contributed by atoms with Crippen LogP contribution in [0.25, 0.3) is 0 Å². The molecule has 116 valence electrons. The zero-order valence-electron chi connectivity index (χ0n) is 13.2. The molecular weight excluding hydrogens is 260 g/mol. The van der Waals surface area contributed by atoms with Crippen LogP contribution in [0.1, 0.15) is 56.6 Å². The smallest absolute Gasteiger partial charge is 0.123 e. The number of benzene rings is 1. The molecule has 2 fully saturated rings. The Kier molecular flexibility index (Phi) is 4.51. The van der Waals surface area contributed by atoms with E-state index in [2.05, 4.69) is 17.0 Å². The molecule has 3 rings (SSSR count). The quantitative estimate of drug-likeness (QED) is 0.921. The zero-order chi connectivity index (χ0) is 14.7. The van der Waals surface area contributed by atoms with Crippen molar-refractivity contribution in [3.05, 3.63) is 29.8 Å². The summed E-state index contributed by atoms with van der Waals surface area (Å²) in [5.41, 5.74) is 8.14. The molecule has 0 aromatic heterocycles. The van der Waals surface area contributed by atoms with E-state index in [9.17, 15) is 0 Å². The van der Waals surface area contributed by atoms with Gasteiger partial charge in [0.25, 0.3) is 0 Å². The Bertz CT molecular complexity index is 462. The van der Waals surface area contributed by atoms with Crippen molar-refractivity contribution in [2.45, 2.75) is 56.5 Å². The molecule has 0 amide bonds. The van der Waals surface area contributed by atoms with E-state index >= 15 is 0 Å². The highest BCUT2D eigenvalue weighted by molar-refractivity contribution is 5.38. The van der Waals surface area contributed by atoms with Crippen molar-refractivity contribution in [2.75, 3.05) is 20.2 Å². The lowest BCUT2D eigenvalue weighted by Crippen LogP contribution is -2.55. The number of hydrogen-bond acceptors (Lipinski definition) is 3. The van der Waals surface area contributed by atoms with Crippen LogP contribution in [0.2, 0.25) is 0 Å². The van der Waals surface area contributed by atoms with Crippen LogP contribution in [0.15, 0.2) is 24.3 Å². The summed E-state index contributed by atoms with van der Waals surface area (Å²) in [4.78, 5) is 2.70. The highest BCUT2D eigenvalue weighted by Crippen LogP contribution is 2.46. The topological polar surface area (TPSA) is 38.5 Å². The lowest BCUT2D eigenvalue weighted by atomic mass is 9.81. The lowest BCUT2D eigenvalue weighted by Gasteiger charge is -2.47. The minimum absolute atomic E-state index is 0.0502. The molecule has 1 heterocycles. The summed E-state index contributed by atoms with van der Waals surface area (Å²) in [7, 11) is 1.74. The van der Waals surface area contributed by atoms with Crippen LogP contribution in [0.5, 0.6) is 5.75 Å². The van der Waals surface area contributed by atoms with Gasteiger partial charge < -0.3 is 10.5 Å². The third-order valence-electron chi connectivity index (χ3n) is 5.51. The Labute approximate surface area is 128 Å². The molecule has 3 nitrogen and oxygen atoms in total. The number of likely N-dealkylation sites (tertiary alicyclic amines) is 1. The van der Waals surface area contributed by atoms with Crippen molar-refractivity contribution in [1.82, 2.24) is 4.90 Å². The molecule has 1 saturated heterocycles. The Morgan fingerprint density at radius 3 is 2.38 bits per heavy atom. The van der Waals surface area contributed by atoms with Gasteiger partial charge in [0.2, 0.25) is 0 Å². The summed E-state index contributed by atoms with van der Waals surface area (Å²) in [6.07, 6.45) is 9.08. The molecule has 1 atom stereocenters. The van der Waals surface area contributed by atoms with Gasteiger partial charge in [0, 0.05) is 11.1 Å². The third-order valence-corrected chi connectivity index (χ3v) is 5.51. The first kappa shape index (κ1) is 14.9. The number of methoxy groups -OCH3 is 1. The minimum atomic E-state index is 0.0502. The van der Waals surface area contributed by atoms with Crippen LogP contribution in [0.4, 0.5) is 0 Å². The van der Waals surface area contributed by atoms with Crippen molar-refractivity contribution >= 4 is 0 Å². The second kappa shape index (κ2) is 6.37. The maximum absolute atomic E-state index is 6.82. The van der Waals surface area contributed by atoms with Crippen molar-refractivity contribution in [2.24, 2.45) is 5.73 Å². The van der Waals surface area contributed by atoms with Crippen LogP contribution in [-0.2, 0) is 0 Å². The molecule has 1 unspecified atom stereocenters. The van der Waals surface area contributed by atoms with Crippen LogP contribution < -0.4 is 10.5 Å². The SMILES string of the molecule is COc1ccccc1C(N)C1(N2CCCCC2)CCCC1. The van der Waals surface area contributed by atoms with E-state index in [1.807, 2.05) is 12.1 Å². The fourth-order valence-corrected chi connectivity index (χ4v) is 4.36. The van der Waals surface area contributed by atoms with Crippen LogP contribution >= 0.6 is 0 Å². The molecule has 0 bridgehead atoms. The first-order valence-corrected chi connectivity index (χ1v) is 8.41. The van der Waals surface area contributed by atoms with Crippen molar-refractivity contribution in [3.8, 4) is 5.75 Å². The summed E-state index contributed by atoms with van der Waals surface area (Å²) in [5, 5.41) is 0. The number of hydrogen-bond donors (Lipinski definition) is 1. The molecule has 3 heteroatoms. The largest absolute Gasteiger partial charge is 0.496 e. The number of rotatable bonds is 4. The second-order valence-corrected chi connectivity index (χ2v) is 6.58. The summed E-state index contributed by atoms with van der Waals surface area (Å²) in [5.74, 6) is 0.938. The average Bonchev–Trinajstić information content (AvgIpc) is 3.06. The molecule has 1 aromatic rings. The van der Waals surface area contributed by atoms with Gasteiger partial charge >= 0.3 is 0 Å². The monoisotopic (exact) mass is 288 g/mol. The molecule has 1 aliphatic carbocycles. The summed E-state index contributed by atoms with van der Waals surface area (Å²) in [6, 6.07) is 8.34. The zero-order valence-corrected chi connectivity index (χ0v) is 13.2. The molecule has 2 N–H and O–H groups in total. The van der Waals surface area contributed by atoms with Gasteiger partial charge in [-0.3, -0.25) is 4.90 Å². The Hall–Kier alpha value is -1.06. The summed E-state index contributed by atoms with van der Waals surface area (Å²) in [6.45, 7) is 2.42. The minimum Gasteiger partial charge on any atom is -0.496 e. The fraction of sp³-hybridized carbons (Fsp3) is 0.667. The first-order chi connectivity index (χ1) is 10.3. The van der Waals surface area contributed by atoms with Crippen molar-refractivity contribution in [1.29, 1.82) is 0 Å². The van der Waals surface area contributed by atoms with Crippen LogP contribution in [0.3, 0.4) is 0 Å². The van der Waals surface area contributed by atoms with Gasteiger partial charge in [-0.05, 0) is 44.8 Å². The van der Waals surface area contributed by atoms with Crippen molar-refractivity contribution in [3.63, 3.8) is 0 Å². The maximum Gasteiger partial charge on any atom is 0.123 e. The highest BCUT2D eigenvalue weighted by atomic mass is 16.5. The number of ether oxygens (including phenoxy) is 1. The van der Waals surface area contributed by atoms with Gasteiger partial charge in [0.15, 0.2) is 0 Å². The molecule has 0 radical (unpaired) electrons. The van der Waals surface area contributed by atoms with Crippen LogP contribution in [-0.4, -0.2) is 30.6 Å². The molecule has 1 saturated carbocycles. The summed E-state index contributed by atoms with van der Waals surface area (Å²) < 4.78 is 5.56. The van der Waals surface area contributed by atoms with Crippen LogP contribution in [0, 0.1) is 0 Å². The van der Waals surface area contributed by atoms with Gasteiger partial charge in [0.05, 0.1) is 13.2 Å². The predicted octanol–water partition coefficient (Wildman–Crippen LogP) is 3.49. The Morgan fingerprint density at radius 1 is 1.05 bits per heavy atom. The standard InChI is InChI=1S/C18H28N2O/c1-21-16-10-4-3-9-15(16)17(19)18(11-5-6-12-18)20-13-7-2-8-14-20/h3-4,9-10,17H,2,5-8,11-14,19H2,1H3. The average molecular weight is 288 g/mol. The van der Waals surface area contributed by atoms with E-state index in [-0.39, 0.29) is 11.6 Å². The summed E-state index contributed by atoms with van der Waals surface area (Å²) >= 11 is 0. The van der Waals surface area contributed by atoms with Crippen molar-refractivity contribution < 1.29 is 4.74 Å². The number of nitrogens with zero attached hydrogens (tertiary/aromatic N) is 1. The normalized spacial score (nSPS) is 23.9. The fourth-order valence-electron chi connectivity index (χ4n) is 4.36. The number of para-hydroxylation sites is 1. The first-order valence-electron chi connectivity index (χ1n) is 8.41. The highest BCUT2D eigenvalue weighted by Gasteiger charge is 2.45. The molecule has 1 aliphatic heterocycles. The van der Waals surface area contributed by atoms with Gasteiger partial charge in [0.1, 0.15) is 5.75 Å². The van der Waals surface area contributed by atoms with Gasteiger partial charge in [-0.25, -0.2) is 0 Å². The van der Waals surface area contributed by atoms with Gasteiger partial charge in [-0.2, -0.15) is 0 Å². The van der Waals surface area contributed by atoms with E-state index in [0.29, 0.717) is 0 Å². The van der Waals surface area contributed by atoms with E-state index in [1.54, 1.807) is 7.11 Å². The number of nitrogens with two attached hydrogens (primary N) is 1. The molecule has 2 aliphatic rings. The maximum atomic E-state index is 6.82. The second-order valence-electron chi connectivity index (χ2n) is 6.58. The third kappa shape index (κ3) is 2.69. The van der Waals surface area contributed by atoms with E-state index in [0.717, 1.165) is 5.75 Å². The lowest BCUT2D eigenvalue weighted by molar-refractivity contribution is 0.0471. The molecule has 21 heavy (non-hydrogen) atoms. The van der Waals surface area contributed by atoms with E-state index < -0.39 is 0 Å². The van der Waals surface area contributed by atoms with Gasteiger partial charge in [-0.15, -0.1) is 0 Å². The van der Waals surface area contributed by atoms with Gasteiger partial charge in [-0.1, -0.05) is 37.5 Å². The Morgan fingerprint density at radius 2 is 1.71 bits per heavy atom.